The fourth-order valence-corrected chi connectivity index (χ4v) is 6.25. The average molecular weight is 475 g/mol. The molecule has 6 nitrogen and oxygen atoms in total. The third-order valence-electron chi connectivity index (χ3n) is 8.39. The van der Waals surface area contributed by atoms with Crippen LogP contribution in [0, 0.1) is 5.41 Å². The summed E-state index contributed by atoms with van der Waals surface area (Å²) < 4.78 is 12.0. The van der Waals surface area contributed by atoms with Crippen molar-refractivity contribution in [3.63, 3.8) is 0 Å². The normalized spacial score (nSPS) is 24.8. The Kier molecular flexibility index (Phi) is 5.46. The fraction of sp³-hybridized carbons (Fsp3) is 0.586. The topological polar surface area (TPSA) is 50.7 Å². The molecule has 6 heterocycles. The number of pyridine rings is 2. The summed E-state index contributed by atoms with van der Waals surface area (Å²) in [5.41, 5.74) is 4.45. The van der Waals surface area contributed by atoms with Gasteiger partial charge in [-0.25, -0.2) is 9.97 Å². The first-order valence-corrected chi connectivity index (χ1v) is 13.3. The van der Waals surface area contributed by atoms with E-state index in [1.807, 2.05) is 12.4 Å². The molecular weight excluding hydrogens is 436 g/mol. The van der Waals surface area contributed by atoms with Crippen LogP contribution < -0.4 is 19.3 Å². The number of hydrogen-bond acceptors (Lipinski definition) is 6. The van der Waals surface area contributed by atoms with Crippen LogP contribution in [0.15, 0.2) is 36.7 Å². The molecule has 0 aromatic carbocycles. The molecule has 35 heavy (non-hydrogen) atoms. The molecule has 1 spiro atoms. The van der Waals surface area contributed by atoms with Crippen molar-refractivity contribution in [2.75, 3.05) is 36.1 Å². The highest BCUT2D eigenvalue weighted by Gasteiger charge is 2.54. The molecule has 2 saturated heterocycles. The van der Waals surface area contributed by atoms with Crippen molar-refractivity contribution in [3.8, 4) is 11.5 Å². The first kappa shape index (κ1) is 22.7. The van der Waals surface area contributed by atoms with Crippen LogP contribution in [0.25, 0.3) is 0 Å². The van der Waals surface area contributed by atoms with Crippen molar-refractivity contribution in [2.45, 2.75) is 77.3 Å². The van der Waals surface area contributed by atoms with Gasteiger partial charge < -0.3 is 19.3 Å². The molecule has 0 bridgehead atoms. The maximum Gasteiger partial charge on any atom is 0.172 e. The van der Waals surface area contributed by atoms with Gasteiger partial charge in [0, 0.05) is 36.6 Å². The van der Waals surface area contributed by atoms with Gasteiger partial charge in [-0.05, 0) is 55.1 Å². The predicted octanol–water partition coefficient (Wildman–Crippen LogP) is 5.69. The molecule has 4 aliphatic heterocycles. The molecule has 2 aromatic heterocycles. The van der Waals surface area contributed by atoms with Crippen LogP contribution >= 0.6 is 0 Å². The third-order valence-corrected chi connectivity index (χ3v) is 8.39. The van der Waals surface area contributed by atoms with Gasteiger partial charge in [-0.2, -0.15) is 0 Å². The van der Waals surface area contributed by atoms with E-state index in [-0.39, 0.29) is 0 Å². The van der Waals surface area contributed by atoms with Gasteiger partial charge >= 0.3 is 0 Å². The van der Waals surface area contributed by atoms with Crippen LogP contribution in [-0.4, -0.2) is 48.4 Å². The summed E-state index contributed by atoms with van der Waals surface area (Å²) in [5, 5.41) is 0. The second kappa shape index (κ2) is 8.42. The molecule has 2 atom stereocenters. The smallest absolute Gasteiger partial charge is 0.172 e. The Morgan fingerprint density at radius 3 is 2.03 bits per heavy atom. The van der Waals surface area contributed by atoms with Gasteiger partial charge in [-0.1, -0.05) is 39.8 Å². The number of anilines is 2. The van der Waals surface area contributed by atoms with Gasteiger partial charge in [-0.15, -0.1) is 0 Å². The molecule has 1 saturated carbocycles. The van der Waals surface area contributed by atoms with E-state index in [4.69, 9.17) is 9.47 Å². The Bertz CT molecular complexity index is 1140. The summed E-state index contributed by atoms with van der Waals surface area (Å²) in [4.78, 5) is 14.0. The van der Waals surface area contributed by atoms with E-state index in [0.717, 1.165) is 49.3 Å². The molecule has 3 fully saturated rings. The largest absolute Gasteiger partial charge is 0.487 e. The zero-order chi connectivity index (χ0) is 24.3. The molecule has 0 N–H and O–H groups in total. The standard InChI is InChI=1S/C15H20N2O.C14H18N2O/c1-10(2)12-3-6-16-14-13(12)18-8-11-7-15(4-5-15)9-17(11)14;1-9(2)12-4-5-15-14-13(12)17-8-11-6-10(3)7-16(11)14/h3,6,10-11H,4-5,7-9H2,1-2H3;4-5,9,11H,3,6-8H2,1-2H3/t11-;/m1./s1. The quantitative estimate of drug-likeness (QED) is 0.521. The third kappa shape index (κ3) is 3.95. The Labute approximate surface area is 209 Å². The van der Waals surface area contributed by atoms with Crippen molar-refractivity contribution in [3.05, 3.63) is 47.8 Å². The molecule has 6 heteroatoms. The zero-order valence-electron chi connectivity index (χ0n) is 21.6. The molecule has 5 aliphatic rings. The number of hydrogen-bond donors (Lipinski definition) is 0. The van der Waals surface area contributed by atoms with Crippen molar-refractivity contribution in [2.24, 2.45) is 5.41 Å². The lowest BCUT2D eigenvalue weighted by Crippen LogP contribution is -2.39. The molecule has 1 aliphatic carbocycles. The van der Waals surface area contributed by atoms with Gasteiger partial charge in [0.2, 0.25) is 0 Å². The van der Waals surface area contributed by atoms with Gasteiger partial charge in [-0.3, -0.25) is 0 Å². The van der Waals surface area contributed by atoms with Crippen molar-refractivity contribution in [1.29, 1.82) is 0 Å². The van der Waals surface area contributed by atoms with E-state index in [2.05, 4.69) is 66.2 Å². The number of aromatic nitrogens is 2. The number of nitrogens with zero attached hydrogens (tertiary/aromatic N) is 4. The lowest BCUT2D eigenvalue weighted by Gasteiger charge is -2.33. The molecule has 0 amide bonds. The van der Waals surface area contributed by atoms with E-state index in [1.165, 1.54) is 42.5 Å². The van der Waals surface area contributed by atoms with Crippen molar-refractivity contribution < 1.29 is 9.47 Å². The maximum atomic E-state index is 6.05. The van der Waals surface area contributed by atoms with Crippen molar-refractivity contribution >= 4 is 11.6 Å². The highest BCUT2D eigenvalue weighted by atomic mass is 16.5. The predicted molar refractivity (Wildman–Crippen MR) is 140 cm³/mol. The fourth-order valence-electron chi connectivity index (χ4n) is 6.25. The first-order valence-electron chi connectivity index (χ1n) is 13.3. The highest BCUT2D eigenvalue weighted by molar-refractivity contribution is 5.62. The molecule has 1 unspecified atom stereocenters. The second-order valence-electron chi connectivity index (χ2n) is 11.8. The van der Waals surface area contributed by atoms with Crippen LogP contribution in [0.5, 0.6) is 11.5 Å². The van der Waals surface area contributed by atoms with Crippen LogP contribution in [0.4, 0.5) is 11.6 Å². The van der Waals surface area contributed by atoms with Gasteiger partial charge in [0.05, 0.1) is 12.1 Å². The lowest BCUT2D eigenvalue weighted by molar-refractivity contribution is 0.263. The monoisotopic (exact) mass is 474 g/mol. The minimum Gasteiger partial charge on any atom is -0.487 e. The summed E-state index contributed by atoms with van der Waals surface area (Å²) in [5.74, 6) is 5.09. The van der Waals surface area contributed by atoms with E-state index in [0.29, 0.717) is 29.3 Å². The van der Waals surface area contributed by atoms with Crippen LogP contribution in [0.1, 0.15) is 76.3 Å². The van der Waals surface area contributed by atoms with E-state index in [9.17, 15) is 0 Å². The Hall–Kier alpha value is -2.76. The molecule has 7 rings (SSSR count). The molecular formula is C29H38N4O2. The minimum atomic E-state index is 0.435. The lowest BCUT2D eigenvalue weighted by atomic mass is 10.0. The Morgan fingerprint density at radius 2 is 1.46 bits per heavy atom. The van der Waals surface area contributed by atoms with Gasteiger partial charge in [0.1, 0.15) is 13.2 Å². The summed E-state index contributed by atoms with van der Waals surface area (Å²) in [6.45, 7) is 16.6. The van der Waals surface area contributed by atoms with E-state index in [1.54, 1.807) is 0 Å². The van der Waals surface area contributed by atoms with Gasteiger partial charge in [0.25, 0.3) is 0 Å². The number of ether oxygens (including phenoxy) is 2. The molecule has 186 valence electrons. The second-order valence-corrected chi connectivity index (χ2v) is 11.8. The summed E-state index contributed by atoms with van der Waals surface area (Å²) in [6.07, 6.45) is 8.98. The summed E-state index contributed by atoms with van der Waals surface area (Å²) in [6, 6.07) is 5.17. The van der Waals surface area contributed by atoms with Gasteiger partial charge in [0.15, 0.2) is 23.1 Å². The van der Waals surface area contributed by atoms with Crippen LogP contribution in [-0.2, 0) is 0 Å². The Balaban J connectivity index is 0.000000131. The minimum absolute atomic E-state index is 0.435. The summed E-state index contributed by atoms with van der Waals surface area (Å²) in [7, 11) is 0. The zero-order valence-corrected chi connectivity index (χ0v) is 21.6. The number of fused-ring (bicyclic) bond motifs is 6. The maximum absolute atomic E-state index is 6.05. The summed E-state index contributed by atoms with van der Waals surface area (Å²) >= 11 is 0. The van der Waals surface area contributed by atoms with E-state index < -0.39 is 0 Å². The number of rotatable bonds is 2. The van der Waals surface area contributed by atoms with Crippen molar-refractivity contribution in [1.82, 2.24) is 9.97 Å². The van der Waals surface area contributed by atoms with E-state index >= 15 is 0 Å². The molecule has 2 aromatic rings. The average Bonchev–Trinajstić information content (AvgIpc) is 3.30. The van der Waals surface area contributed by atoms with Crippen LogP contribution in [0.3, 0.4) is 0 Å². The highest BCUT2D eigenvalue weighted by Crippen LogP contribution is 2.57. The van der Waals surface area contributed by atoms with Crippen LogP contribution in [0.2, 0.25) is 0 Å². The first-order chi connectivity index (χ1) is 16.8. The Morgan fingerprint density at radius 1 is 0.886 bits per heavy atom. The SMILES string of the molecule is C=C1CC2COc3c(C(C)C)ccnc3N2C1.CC(C)c1ccnc2c1OC[C@H]1CC3(CC3)CN21. The molecule has 0 radical (unpaired) electrons.